The van der Waals surface area contributed by atoms with Crippen molar-refractivity contribution in [2.24, 2.45) is 5.73 Å². The van der Waals surface area contributed by atoms with Crippen LogP contribution >= 0.6 is 0 Å². The molecule has 142 valence electrons. The molecule has 3 rings (SSSR count). The van der Waals surface area contributed by atoms with E-state index in [1.165, 1.54) is 5.56 Å². The van der Waals surface area contributed by atoms with Crippen LogP contribution in [0.25, 0.3) is 0 Å². The highest BCUT2D eigenvalue weighted by Gasteiger charge is 2.34. The number of hydrogen-bond donors (Lipinski definition) is 1. The third kappa shape index (κ3) is 4.83. The fourth-order valence-electron chi connectivity index (χ4n) is 3.69. The molecular formula is C20H29N3O3. The van der Waals surface area contributed by atoms with E-state index in [0.717, 1.165) is 25.7 Å². The molecule has 2 aliphatic rings. The lowest BCUT2D eigenvalue weighted by molar-refractivity contribution is -0.147. The maximum Gasteiger partial charge on any atom is 0.251 e. The van der Waals surface area contributed by atoms with Gasteiger partial charge < -0.3 is 20.3 Å². The maximum absolute atomic E-state index is 12.5. The van der Waals surface area contributed by atoms with E-state index in [1.54, 1.807) is 0 Å². The van der Waals surface area contributed by atoms with Crippen molar-refractivity contribution >= 4 is 11.8 Å². The van der Waals surface area contributed by atoms with E-state index >= 15 is 0 Å². The molecule has 2 fully saturated rings. The number of piperazine rings is 1. The van der Waals surface area contributed by atoms with Gasteiger partial charge in [-0.1, -0.05) is 30.3 Å². The fraction of sp³-hybridized carbons (Fsp3) is 0.600. The van der Waals surface area contributed by atoms with E-state index in [1.807, 2.05) is 28.0 Å². The Morgan fingerprint density at radius 2 is 1.73 bits per heavy atom. The second-order valence-corrected chi connectivity index (χ2v) is 7.11. The third-order valence-corrected chi connectivity index (χ3v) is 5.29. The minimum Gasteiger partial charge on any atom is -0.364 e. The van der Waals surface area contributed by atoms with Crippen molar-refractivity contribution in [3.63, 3.8) is 0 Å². The van der Waals surface area contributed by atoms with Crippen LogP contribution < -0.4 is 5.73 Å². The Morgan fingerprint density at radius 3 is 2.38 bits per heavy atom. The molecule has 0 saturated carbocycles. The van der Waals surface area contributed by atoms with Crippen LogP contribution in [0.3, 0.4) is 0 Å². The molecular weight excluding hydrogens is 330 g/mol. The average molecular weight is 359 g/mol. The molecule has 6 heteroatoms. The van der Waals surface area contributed by atoms with Gasteiger partial charge in [-0.3, -0.25) is 9.59 Å². The second-order valence-electron chi connectivity index (χ2n) is 7.11. The molecule has 26 heavy (non-hydrogen) atoms. The van der Waals surface area contributed by atoms with Crippen molar-refractivity contribution in [3.8, 4) is 0 Å². The van der Waals surface area contributed by atoms with E-state index in [4.69, 9.17) is 10.5 Å². The highest BCUT2D eigenvalue weighted by atomic mass is 16.5. The summed E-state index contributed by atoms with van der Waals surface area (Å²) < 4.78 is 5.70. The largest absolute Gasteiger partial charge is 0.364 e. The standard InChI is InChI=1S/C20H29N3O3/c21-15-17-9-10-18(26-17)20(25)23-13-11-22(12-14-23)19(24)8-4-7-16-5-2-1-3-6-16/h1-3,5-6,17-18H,4,7-15,21H2/t17-,18+/m1/s1. The first-order valence-electron chi connectivity index (χ1n) is 9.63. The smallest absolute Gasteiger partial charge is 0.251 e. The second kappa shape index (κ2) is 9.14. The van der Waals surface area contributed by atoms with Gasteiger partial charge in [-0.15, -0.1) is 0 Å². The number of aryl methyl sites for hydroxylation is 1. The Kier molecular flexibility index (Phi) is 6.63. The summed E-state index contributed by atoms with van der Waals surface area (Å²) in [5.41, 5.74) is 6.88. The van der Waals surface area contributed by atoms with Gasteiger partial charge in [0.1, 0.15) is 6.10 Å². The van der Waals surface area contributed by atoms with Gasteiger partial charge in [0.15, 0.2) is 0 Å². The molecule has 0 aromatic heterocycles. The molecule has 2 saturated heterocycles. The number of nitrogens with zero attached hydrogens (tertiary/aromatic N) is 2. The van der Waals surface area contributed by atoms with Crippen molar-refractivity contribution in [2.45, 2.75) is 44.3 Å². The van der Waals surface area contributed by atoms with Crippen LogP contribution in [0.15, 0.2) is 30.3 Å². The molecule has 0 spiro atoms. The summed E-state index contributed by atoms with van der Waals surface area (Å²) in [5, 5.41) is 0. The van der Waals surface area contributed by atoms with Gasteiger partial charge in [0.05, 0.1) is 6.10 Å². The number of amides is 2. The van der Waals surface area contributed by atoms with E-state index in [-0.39, 0.29) is 24.0 Å². The maximum atomic E-state index is 12.5. The molecule has 1 aromatic rings. The Labute approximate surface area is 155 Å². The molecule has 0 aliphatic carbocycles. The van der Waals surface area contributed by atoms with E-state index < -0.39 is 0 Å². The van der Waals surface area contributed by atoms with Crippen LogP contribution in [0, 0.1) is 0 Å². The highest BCUT2D eigenvalue weighted by molar-refractivity contribution is 5.82. The Balaban J connectivity index is 1.37. The predicted octanol–water partition coefficient (Wildman–Crippen LogP) is 1.19. The van der Waals surface area contributed by atoms with Crippen molar-refractivity contribution in [2.75, 3.05) is 32.7 Å². The van der Waals surface area contributed by atoms with E-state index in [0.29, 0.717) is 39.1 Å². The van der Waals surface area contributed by atoms with Crippen LogP contribution in [-0.4, -0.2) is 66.5 Å². The number of ether oxygens (including phenoxy) is 1. The van der Waals surface area contributed by atoms with Crippen LogP contribution in [0.2, 0.25) is 0 Å². The quantitative estimate of drug-likeness (QED) is 0.828. The summed E-state index contributed by atoms with van der Waals surface area (Å²) in [5.74, 6) is 0.241. The average Bonchev–Trinajstić information content (AvgIpc) is 3.17. The Morgan fingerprint density at radius 1 is 1.04 bits per heavy atom. The molecule has 2 aliphatic heterocycles. The lowest BCUT2D eigenvalue weighted by Crippen LogP contribution is -2.53. The first kappa shape index (κ1) is 18.9. The van der Waals surface area contributed by atoms with Crippen LogP contribution in [0.5, 0.6) is 0 Å². The number of carbonyl (C=O) groups is 2. The molecule has 2 heterocycles. The fourth-order valence-corrected chi connectivity index (χ4v) is 3.69. The monoisotopic (exact) mass is 359 g/mol. The van der Waals surface area contributed by atoms with Gasteiger partial charge in [-0.05, 0) is 31.2 Å². The first-order valence-corrected chi connectivity index (χ1v) is 9.63. The van der Waals surface area contributed by atoms with Crippen LogP contribution in [-0.2, 0) is 20.7 Å². The predicted molar refractivity (Wildman–Crippen MR) is 99.5 cm³/mol. The number of hydrogen-bond acceptors (Lipinski definition) is 4. The van der Waals surface area contributed by atoms with Gasteiger partial charge in [-0.25, -0.2) is 0 Å². The zero-order valence-corrected chi connectivity index (χ0v) is 15.3. The zero-order chi connectivity index (χ0) is 18.4. The van der Waals surface area contributed by atoms with Crippen molar-refractivity contribution in [3.05, 3.63) is 35.9 Å². The number of rotatable bonds is 6. The summed E-state index contributed by atoms with van der Waals surface area (Å²) in [6.07, 6.45) is 3.61. The van der Waals surface area contributed by atoms with E-state index in [2.05, 4.69) is 12.1 Å². The molecule has 0 unspecified atom stereocenters. The lowest BCUT2D eigenvalue weighted by atomic mass is 10.1. The molecule has 2 atom stereocenters. The van der Waals surface area contributed by atoms with Gasteiger partial charge in [-0.2, -0.15) is 0 Å². The minimum absolute atomic E-state index is 0.0106. The van der Waals surface area contributed by atoms with Gasteiger partial charge in [0, 0.05) is 39.1 Å². The van der Waals surface area contributed by atoms with Gasteiger partial charge in [0.25, 0.3) is 5.91 Å². The topological polar surface area (TPSA) is 75.9 Å². The normalized spacial score (nSPS) is 23.3. The minimum atomic E-state index is -0.350. The Bertz CT molecular complexity index is 600. The molecule has 0 radical (unpaired) electrons. The summed E-state index contributed by atoms with van der Waals surface area (Å²) >= 11 is 0. The van der Waals surface area contributed by atoms with Crippen molar-refractivity contribution < 1.29 is 14.3 Å². The molecule has 2 N–H and O–H groups in total. The number of nitrogens with two attached hydrogens (primary N) is 1. The lowest BCUT2D eigenvalue weighted by Gasteiger charge is -2.36. The molecule has 1 aromatic carbocycles. The molecule has 0 bridgehead atoms. The van der Waals surface area contributed by atoms with Crippen LogP contribution in [0.1, 0.15) is 31.2 Å². The van der Waals surface area contributed by atoms with E-state index in [9.17, 15) is 9.59 Å². The van der Waals surface area contributed by atoms with Gasteiger partial charge >= 0.3 is 0 Å². The van der Waals surface area contributed by atoms with Crippen LogP contribution in [0.4, 0.5) is 0 Å². The van der Waals surface area contributed by atoms with Crippen molar-refractivity contribution in [1.29, 1.82) is 0 Å². The summed E-state index contributed by atoms with van der Waals surface area (Å²) in [7, 11) is 0. The summed E-state index contributed by atoms with van der Waals surface area (Å²) in [6, 6.07) is 10.2. The summed E-state index contributed by atoms with van der Waals surface area (Å²) in [6.45, 7) is 2.88. The number of benzene rings is 1. The first-order chi connectivity index (χ1) is 12.7. The summed E-state index contributed by atoms with van der Waals surface area (Å²) in [4.78, 5) is 28.6. The molecule has 2 amide bonds. The Hall–Kier alpha value is -1.92. The van der Waals surface area contributed by atoms with Crippen molar-refractivity contribution in [1.82, 2.24) is 9.80 Å². The highest BCUT2D eigenvalue weighted by Crippen LogP contribution is 2.21. The zero-order valence-electron chi connectivity index (χ0n) is 15.3. The van der Waals surface area contributed by atoms with Gasteiger partial charge in [0.2, 0.25) is 5.91 Å². The SMILES string of the molecule is NC[C@H]1CC[C@@H](C(=O)N2CCN(C(=O)CCCc3ccccc3)CC2)O1. The molecule has 6 nitrogen and oxygen atoms in total. The third-order valence-electron chi connectivity index (χ3n) is 5.29. The number of carbonyl (C=O) groups excluding carboxylic acids is 2.